The van der Waals surface area contributed by atoms with Crippen LogP contribution in [0.2, 0.25) is 0 Å². The number of hydrogen-bond donors (Lipinski definition) is 2. The van der Waals surface area contributed by atoms with Gasteiger partial charge < -0.3 is 15.4 Å². The Bertz CT molecular complexity index is 908. The van der Waals surface area contributed by atoms with Crippen LogP contribution in [0, 0.1) is 0 Å². The van der Waals surface area contributed by atoms with Gasteiger partial charge in [-0.2, -0.15) is 0 Å². The summed E-state index contributed by atoms with van der Waals surface area (Å²) in [5.74, 6) is 1.62. The third-order valence-electron chi connectivity index (χ3n) is 4.58. The zero-order chi connectivity index (χ0) is 20.5. The van der Waals surface area contributed by atoms with E-state index < -0.39 is 0 Å². The van der Waals surface area contributed by atoms with Gasteiger partial charge in [0.15, 0.2) is 5.96 Å². The highest BCUT2D eigenvalue weighted by Gasteiger charge is 2.21. The monoisotopic (exact) mass is 408 g/mol. The van der Waals surface area contributed by atoms with Crippen molar-refractivity contribution < 1.29 is 4.74 Å². The summed E-state index contributed by atoms with van der Waals surface area (Å²) in [6.45, 7) is 6.40. The van der Waals surface area contributed by atoms with Crippen molar-refractivity contribution >= 4 is 17.3 Å². The molecule has 3 rings (SSSR count). The van der Waals surface area contributed by atoms with Crippen molar-refractivity contribution in [2.24, 2.45) is 4.99 Å². The number of nitrogens with one attached hydrogen (secondary N) is 2. The molecule has 0 aliphatic rings. The van der Waals surface area contributed by atoms with Crippen molar-refractivity contribution in [2.45, 2.75) is 32.4 Å². The van der Waals surface area contributed by atoms with E-state index in [0.717, 1.165) is 29.5 Å². The van der Waals surface area contributed by atoms with Gasteiger partial charge >= 0.3 is 0 Å². The number of benzene rings is 1. The first-order valence-corrected chi connectivity index (χ1v) is 10.5. The van der Waals surface area contributed by atoms with Crippen molar-refractivity contribution in [3.05, 3.63) is 82.3 Å². The Hall–Kier alpha value is -2.86. The smallest absolute Gasteiger partial charge is 0.191 e. The van der Waals surface area contributed by atoms with Crippen LogP contribution in [0.25, 0.3) is 0 Å². The van der Waals surface area contributed by atoms with Gasteiger partial charge in [0.1, 0.15) is 12.4 Å². The fraction of sp³-hybridized carbons (Fsp3) is 0.304. The van der Waals surface area contributed by atoms with Gasteiger partial charge in [0, 0.05) is 36.6 Å². The van der Waals surface area contributed by atoms with E-state index in [4.69, 9.17) is 4.74 Å². The van der Waals surface area contributed by atoms with E-state index >= 15 is 0 Å². The van der Waals surface area contributed by atoms with Crippen molar-refractivity contribution in [2.75, 3.05) is 13.6 Å². The molecule has 0 unspecified atom stereocenters. The van der Waals surface area contributed by atoms with Gasteiger partial charge in [-0.05, 0) is 41.3 Å². The van der Waals surface area contributed by atoms with Crippen LogP contribution in [-0.4, -0.2) is 24.5 Å². The average Bonchev–Trinajstić information content (AvgIpc) is 3.29. The van der Waals surface area contributed by atoms with E-state index in [1.54, 1.807) is 24.6 Å². The summed E-state index contributed by atoms with van der Waals surface area (Å²) in [6.07, 6.45) is 1.78. The van der Waals surface area contributed by atoms with Crippen molar-refractivity contribution in [1.29, 1.82) is 0 Å². The van der Waals surface area contributed by atoms with Gasteiger partial charge in [0.2, 0.25) is 0 Å². The number of nitrogens with zero attached hydrogens (tertiary/aromatic N) is 2. The Morgan fingerprint density at radius 2 is 2.00 bits per heavy atom. The molecule has 6 heteroatoms. The minimum atomic E-state index is 0.0466. The molecule has 0 aliphatic carbocycles. The molecule has 1 aromatic carbocycles. The van der Waals surface area contributed by atoms with E-state index in [9.17, 15) is 0 Å². The lowest BCUT2D eigenvalue weighted by atomic mass is 9.91. The van der Waals surface area contributed by atoms with Crippen LogP contribution >= 0.6 is 11.3 Å². The Labute approximate surface area is 176 Å². The highest BCUT2D eigenvalue weighted by Crippen LogP contribution is 2.26. The van der Waals surface area contributed by atoms with Gasteiger partial charge in [0.05, 0.1) is 5.69 Å². The molecule has 152 valence electrons. The SMILES string of the molecule is CN=C(NCc1cccc(OCc2ccccn2)c1)NCC(C)(C)c1cccs1. The number of thiophene rings is 1. The van der Waals surface area contributed by atoms with Crippen molar-refractivity contribution in [1.82, 2.24) is 15.6 Å². The van der Waals surface area contributed by atoms with Crippen LogP contribution in [0.1, 0.15) is 30.0 Å². The molecular weight excluding hydrogens is 380 g/mol. The second-order valence-electron chi connectivity index (χ2n) is 7.40. The molecule has 5 nitrogen and oxygen atoms in total. The molecule has 0 spiro atoms. The summed E-state index contributed by atoms with van der Waals surface area (Å²) in [6, 6.07) is 18.2. The molecular formula is C23H28N4OS. The lowest BCUT2D eigenvalue weighted by Crippen LogP contribution is -2.42. The van der Waals surface area contributed by atoms with Crippen molar-refractivity contribution in [3.63, 3.8) is 0 Å². The molecule has 2 heterocycles. The zero-order valence-electron chi connectivity index (χ0n) is 17.2. The normalized spacial score (nSPS) is 11.9. The molecule has 0 amide bonds. The largest absolute Gasteiger partial charge is 0.487 e. The van der Waals surface area contributed by atoms with Gasteiger partial charge in [-0.3, -0.25) is 9.98 Å². The fourth-order valence-corrected chi connectivity index (χ4v) is 3.70. The molecule has 2 N–H and O–H groups in total. The summed E-state index contributed by atoms with van der Waals surface area (Å²) >= 11 is 1.79. The minimum absolute atomic E-state index is 0.0466. The molecule has 0 aliphatic heterocycles. The molecule has 0 saturated heterocycles. The molecule has 3 aromatic rings. The Kier molecular flexibility index (Phi) is 7.25. The van der Waals surface area contributed by atoms with E-state index in [-0.39, 0.29) is 5.41 Å². The van der Waals surface area contributed by atoms with Crippen LogP contribution in [0.15, 0.2) is 71.2 Å². The number of hydrogen-bond acceptors (Lipinski definition) is 4. The van der Waals surface area contributed by atoms with Crippen LogP contribution in [-0.2, 0) is 18.6 Å². The third-order valence-corrected chi connectivity index (χ3v) is 5.82. The number of rotatable bonds is 8. The molecule has 0 saturated carbocycles. The molecule has 2 aromatic heterocycles. The van der Waals surface area contributed by atoms with Crippen LogP contribution in [0.3, 0.4) is 0 Å². The summed E-state index contributed by atoms with van der Waals surface area (Å²) in [4.78, 5) is 9.99. The topological polar surface area (TPSA) is 58.5 Å². The summed E-state index contributed by atoms with van der Waals surface area (Å²) in [5.41, 5.74) is 2.09. The summed E-state index contributed by atoms with van der Waals surface area (Å²) in [7, 11) is 1.79. The lowest BCUT2D eigenvalue weighted by molar-refractivity contribution is 0.301. The number of pyridine rings is 1. The van der Waals surface area contributed by atoms with Crippen LogP contribution < -0.4 is 15.4 Å². The average molecular weight is 409 g/mol. The standard InChI is InChI=1S/C23H28N4OS/c1-23(2,21-11-7-13-29-21)17-27-22(24-3)26-15-18-8-6-10-20(14-18)28-16-19-9-4-5-12-25-19/h4-14H,15-17H2,1-3H3,(H2,24,26,27). The second-order valence-corrected chi connectivity index (χ2v) is 8.35. The quantitative estimate of drug-likeness (QED) is 0.429. The maximum Gasteiger partial charge on any atom is 0.191 e. The molecule has 0 bridgehead atoms. The van der Waals surface area contributed by atoms with E-state index in [2.05, 4.69) is 58.0 Å². The van der Waals surface area contributed by atoms with E-state index in [0.29, 0.717) is 13.2 Å². The number of guanidine groups is 1. The van der Waals surface area contributed by atoms with Crippen LogP contribution in [0.5, 0.6) is 5.75 Å². The molecule has 0 radical (unpaired) electrons. The Balaban J connectivity index is 1.50. The van der Waals surface area contributed by atoms with Gasteiger partial charge in [-0.15, -0.1) is 11.3 Å². The summed E-state index contributed by atoms with van der Waals surface area (Å²) < 4.78 is 5.86. The predicted molar refractivity (Wildman–Crippen MR) is 121 cm³/mol. The summed E-state index contributed by atoms with van der Waals surface area (Å²) in [5, 5.41) is 8.93. The number of ether oxygens (including phenoxy) is 1. The maximum absolute atomic E-state index is 5.86. The van der Waals surface area contributed by atoms with Gasteiger partial charge in [-0.1, -0.05) is 38.1 Å². The highest BCUT2D eigenvalue weighted by molar-refractivity contribution is 7.10. The minimum Gasteiger partial charge on any atom is -0.487 e. The molecule has 0 atom stereocenters. The van der Waals surface area contributed by atoms with Crippen LogP contribution in [0.4, 0.5) is 0 Å². The maximum atomic E-state index is 5.86. The first kappa shape index (κ1) is 20.9. The molecule has 29 heavy (non-hydrogen) atoms. The van der Waals surface area contributed by atoms with Gasteiger partial charge in [-0.25, -0.2) is 0 Å². The lowest BCUT2D eigenvalue weighted by Gasteiger charge is -2.25. The first-order chi connectivity index (χ1) is 14.1. The second kappa shape index (κ2) is 10.1. The fourth-order valence-electron chi connectivity index (χ4n) is 2.85. The zero-order valence-corrected chi connectivity index (χ0v) is 18.0. The highest BCUT2D eigenvalue weighted by atomic mass is 32.1. The first-order valence-electron chi connectivity index (χ1n) is 9.67. The Morgan fingerprint density at radius 1 is 1.10 bits per heavy atom. The number of aromatic nitrogens is 1. The third kappa shape index (κ3) is 6.32. The number of aliphatic imine (C=N–C) groups is 1. The van der Waals surface area contributed by atoms with Crippen molar-refractivity contribution in [3.8, 4) is 5.75 Å². The predicted octanol–water partition coefficient (Wildman–Crippen LogP) is 4.36. The van der Waals surface area contributed by atoms with Gasteiger partial charge in [0.25, 0.3) is 0 Å². The van der Waals surface area contributed by atoms with E-state index in [1.165, 1.54) is 4.88 Å². The van der Waals surface area contributed by atoms with E-state index in [1.807, 2.05) is 36.4 Å². The molecule has 0 fully saturated rings. The Morgan fingerprint density at radius 3 is 2.72 bits per heavy atom.